The van der Waals surface area contributed by atoms with Crippen LogP contribution in [0, 0.1) is 5.82 Å². The number of rotatable bonds is 14. The molecule has 0 bridgehead atoms. The molecule has 2 N–H and O–H groups in total. The Kier molecular flexibility index (Phi) is 10.3. The minimum Gasteiger partial charge on any atom is -0.493 e. The molecule has 0 aliphatic rings. The molecule has 0 saturated carbocycles. The second kappa shape index (κ2) is 13.6. The molecule has 3 aromatic carbocycles. The molecular formula is C30H38FNO3. The van der Waals surface area contributed by atoms with Gasteiger partial charge in [0.05, 0.1) is 19.8 Å². The van der Waals surface area contributed by atoms with Gasteiger partial charge in [0, 0.05) is 29.3 Å². The standard InChI is InChI=1S/C30H38FNO3/c1-4-7-17-35-30-21-29(22(6-3)20-26(30)23-13-15-24(31)16-14-23)34-19-9-18-33-28-12-8-11-27(32)25(28)10-5-2/h8,11-16,20-21H,4-7,9-10,17-19,32H2,1-3H3. The fraction of sp³-hybridized carbons (Fsp3) is 0.400. The first-order valence-electron chi connectivity index (χ1n) is 12.8. The third-order valence-electron chi connectivity index (χ3n) is 5.93. The van der Waals surface area contributed by atoms with Crippen LogP contribution in [0.3, 0.4) is 0 Å². The minimum absolute atomic E-state index is 0.250. The molecule has 3 aromatic rings. The summed E-state index contributed by atoms with van der Waals surface area (Å²) in [6.45, 7) is 8.08. The van der Waals surface area contributed by atoms with Crippen molar-refractivity contribution in [1.82, 2.24) is 0 Å². The number of benzene rings is 3. The average molecular weight is 480 g/mol. The quantitative estimate of drug-likeness (QED) is 0.191. The van der Waals surface area contributed by atoms with Crippen molar-refractivity contribution < 1.29 is 18.6 Å². The highest BCUT2D eigenvalue weighted by molar-refractivity contribution is 5.73. The molecule has 0 fully saturated rings. The monoisotopic (exact) mass is 479 g/mol. The van der Waals surface area contributed by atoms with Crippen molar-refractivity contribution in [3.05, 3.63) is 71.5 Å². The molecule has 3 rings (SSSR count). The van der Waals surface area contributed by atoms with Crippen LogP contribution >= 0.6 is 0 Å². The molecule has 0 aliphatic carbocycles. The first kappa shape index (κ1) is 26.4. The Labute approximate surface area is 209 Å². The summed E-state index contributed by atoms with van der Waals surface area (Å²) in [6, 6.07) is 16.4. The number of nitrogens with two attached hydrogens (primary N) is 1. The maximum atomic E-state index is 13.5. The Morgan fingerprint density at radius 1 is 0.743 bits per heavy atom. The Morgan fingerprint density at radius 3 is 2.11 bits per heavy atom. The van der Waals surface area contributed by atoms with Gasteiger partial charge >= 0.3 is 0 Å². The van der Waals surface area contributed by atoms with Crippen molar-refractivity contribution in [2.75, 3.05) is 25.6 Å². The summed E-state index contributed by atoms with van der Waals surface area (Å²) in [5, 5.41) is 0. The summed E-state index contributed by atoms with van der Waals surface area (Å²) >= 11 is 0. The van der Waals surface area contributed by atoms with Gasteiger partial charge in [-0.2, -0.15) is 0 Å². The van der Waals surface area contributed by atoms with Gasteiger partial charge < -0.3 is 19.9 Å². The highest BCUT2D eigenvalue weighted by atomic mass is 19.1. The van der Waals surface area contributed by atoms with Gasteiger partial charge in [0.25, 0.3) is 0 Å². The van der Waals surface area contributed by atoms with E-state index in [1.807, 2.05) is 24.3 Å². The third-order valence-corrected chi connectivity index (χ3v) is 5.93. The van der Waals surface area contributed by atoms with Gasteiger partial charge in [0.2, 0.25) is 0 Å². The largest absolute Gasteiger partial charge is 0.493 e. The first-order chi connectivity index (χ1) is 17.1. The summed E-state index contributed by atoms with van der Waals surface area (Å²) in [4.78, 5) is 0. The number of halogens is 1. The van der Waals surface area contributed by atoms with Gasteiger partial charge in [-0.25, -0.2) is 4.39 Å². The zero-order valence-corrected chi connectivity index (χ0v) is 21.2. The van der Waals surface area contributed by atoms with E-state index in [2.05, 4.69) is 26.8 Å². The van der Waals surface area contributed by atoms with E-state index < -0.39 is 0 Å². The number of hydrogen-bond acceptors (Lipinski definition) is 4. The molecule has 4 nitrogen and oxygen atoms in total. The molecule has 0 amide bonds. The van der Waals surface area contributed by atoms with E-state index in [9.17, 15) is 4.39 Å². The molecule has 0 unspecified atom stereocenters. The van der Waals surface area contributed by atoms with Crippen LogP contribution < -0.4 is 19.9 Å². The van der Waals surface area contributed by atoms with E-state index >= 15 is 0 Å². The second-order valence-electron chi connectivity index (χ2n) is 8.64. The van der Waals surface area contributed by atoms with Crippen LogP contribution in [-0.2, 0) is 12.8 Å². The molecule has 0 aromatic heterocycles. The Bertz CT molecular complexity index is 1070. The topological polar surface area (TPSA) is 53.7 Å². The number of unbranched alkanes of at least 4 members (excludes halogenated alkanes) is 1. The molecule has 0 radical (unpaired) electrons. The zero-order valence-electron chi connectivity index (χ0n) is 21.2. The van der Waals surface area contributed by atoms with Gasteiger partial charge in [0.1, 0.15) is 23.1 Å². The molecule has 5 heteroatoms. The summed E-state index contributed by atoms with van der Waals surface area (Å²) in [5.74, 6) is 2.19. The fourth-order valence-electron chi connectivity index (χ4n) is 3.98. The lowest BCUT2D eigenvalue weighted by Gasteiger charge is -2.18. The third kappa shape index (κ3) is 7.38. The van der Waals surface area contributed by atoms with Gasteiger partial charge in [-0.3, -0.25) is 0 Å². The van der Waals surface area contributed by atoms with Gasteiger partial charge in [-0.05, 0) is 60.7 Å². The van der Waals surface area contributed by atoms with Gasteiger partial charge in [0.15, 0.2) is 0 Å². The maximum absolute atomic E-state index is 13.5. The van der Waals surface area contributed by atoms with Crippen molar-refractivity contribution in [2.24, 2.45) is 0 Å². The van der Waals surface area contributed by atoms with Crippen molar-refractivity contribution in [3.63, 3.8) is 0 Å². The summed E-state index contributed by atoms with van der Waals surface area (Å²) in [7, 11) is 0. The van der Waals surface area contributed by atoms with Crippen LogP contribution in [0.15, 0.2) is 54.6 Å². The lowest BCUT2D eigenvalue weighted by molar-refractivity contribution is 0.243. The maximum Gasteiger partial charge on any atom is 0.130 e. The highest BCUT2D eigenvalue weighted by Gasteiger charge is 2.14. The summed E-state index contributed by atoms with van der Waals surface area (Å²) < 4.78 is 31.8. The Hall–Kier alpha value is -3.21. The van der Waals surface area contributed by atoms with Crippen LogP contribution in [-0.4, -0.2) is 19.8 Å². The van der Waals surface area contributed by atoms with Crippen molar-refractivity contribution in [1.29, 1.82) is 0 Å². The minimum atomic E-state index is -0.250. The molecule has 0 aliphatic heterocycles. The molecule has 0 atom stereocenters. The van der Waals surface area contributed by atoms with Crippen LogP contribution in [0.2, 0.25) is 0 Å². The van der Waals surface area contributed by atoms with Crippen LogP contribution in [0.4, 0.5) is 10.1 Å². The van der Waals surface area contributed by atoms with Crippen LogP contribution in [0.1, 0.15) is 57.6 Å². The lowest BCUT2D eigenvalue weighted by Crippen LogP contribution is -2.08. The number of aryl methyl sites for hydroxylation is 1. The van der Waals surface area contributed by atoms with E-state index in [0.717, 1.165) is 83.7 Å². The normalized spacial score (nSPS) is 10.9. The molecule has 188 valence electrons. The predicted octanol–water partition coefficient (Wildman–Crippen LogP) is 7.62. The lowest BCUT2D eigenvalue weighted by atomic mass is 10.00. The predicted molar refractivity (Wildman–Crippen MR) is 142 cm³/mol. The summed E-state index contributed by atoms with van der Waals surface area (Å²) in [6.07, 6.45) is 5.50. The van der Waals surface area contributed by atoms with E-state index in [1.165, 1.54) is 12.1 Å². The van der Waals surface area contributed by atoms with E-state index in [1.54, 1.807) is 12.1 Å². The number of ether oxygens (including phenoxy) is 3. The zero-order chi connectivity index (χ0) is 25.0. The molecule has 35 heavy (non-hydrogen) atoms. The Balaban J connectivity index is 1.69. The molecule has 0 spiro atoms. The number of anilines is 1. The van der Waals surface area contributed by atoms with Crippen molar-refractivity contribution >= 4 is 5.69 Å². The van der Waals surface area contributed by atoms with E-state index in [-0.39, 0.29) is 5.82 Å². The van der Waals surface area contributed by atoms with Crippen molar-refractivity contribution in [2.45, 2.75) is 59.3 Å². The highest BCUT2D eigenvalue weighted by Crippen LogP contribution is 2.37. The molecule has 0 saturated heterocycles. The van der Waals surface area contributed by atoms with E-state index in [4.69, 9.17) is 19.9 Å². The Morgan fingerprint density at radius 2 is 1.43 bits per heavy atom. The molecule has 0 heterocycles. The number of hydrogen-bond donors (Lipinski definition) is 1. The van der Waals surface area contributed by atoms with Gasteiger partial charge in [-0.15, -0.1) is 0 Å². The fourth-order valence-corrected chi connectivity index (χ4v) is 3.98. The SMILES string of the molecule is CCCCOc1cc(OCCCOc2cccc(N)c2CCC)c(CC)cc1-c1ccc(F)cc1. The average Bonchev–Trinajstić information content (AvgIpc) is 2.86. The van der Waals surface area contributed by atoms with Gasteiger partial charge in [-0.1, -0.05) is 51.8 Å². The van der Waals surface area contributed by atoms with Crippen LogP contribution in [0.25, 0.3) is 11.1 Å². The van der Waals surface area contributed by atoms with E-state index in [0.29, 0.717) is 19.8 Å². The smallest absolute Gasteiger partial charge is 0.130 e. The number of nitrogen functional groups attached to an aromatic ring is 1. The molecular weight excluding hydrogens is 441 g/mol. The first-order valence-corrected chi connectivity index (χ1v) is 12.8. The van der Waals surface area contributed by atoms with Crippen molar-refractivity contribution in [3.8, 4) is 28.4 Å². The second-order valence-corrected chi connectivity index (χ2v) is 8.64. The summed E-state index contributed by atoms with van der Waals surface area (Å²) in [5.41, 5.74) is 11.0. The van der Waals surface area contributed by atoms with Crippen LogP contribution in [0.5, 0.6) is 17.2 Å².